The summed E-state index contributed by atoms with van der Waals surface area (Å²) in [5, 5.41) is 0. The van der Waals surface area contributed by atoms with Crippen LogP contribution < -0.4 is 0 Å². The second-order valence-electron chi connectivity index (χ2n) is 1.75. The molecule has 0 aromatic heterocycles. The third-order valence-electron chi connectivity index (χ3n) is 0.943. The third-order valence-corrected chi connectivity index (χ3v) is 0.943. The van der Waals surface area contributed by atoms with Gasteiger partial charge in [-0.2, -0.15) is 4.39 Å². The minimum atomic E-state index is -3.28. The first kappa shape index (κ1) is 10.7. The Morgan fingerprint density at radius 2 is 1.55 bits per heavy atom. The van der Waals surface area contributed by atoms with Crippen LogP contribution in [0.25, 0.3) is 0 Å². The van der Waals surface area contributed by atoms with Crippen molar-refractivity contribution in [2.75, 3.05) is 13.2 Å². The van der Waals surface area contributed by atoms with Gasteiger partial charge in [-0.3, -0.25) is 0 Å². The second kappa shape index (κ2) is 4.56. The van der Waals surface area contributed by atoms with Crippen molar-refractivity contribution in [1.82, 2.24) is 0 Å². The van der Waals surface area contributed by atoms with Crippen LogP contribution in [-0.4, -0.2) is 25.7 Å². The zero-order chi connectivity index (χ0) is 8.91. The van der Waals surface area contributed by atoms with Crippen LogP contribution >= 0.6 is 0 Å². The van der Waals surface area contributed by atoms with Gasteiger partial charge in [-0.15, -0.1) is 0 Å². The molecule has 0 saturated heterocycles. The van der Waals surface area contributed by atoms with Crippen LogP contribution in [-0.2, 0) is 9.47 Å². The van der Waals surface area contributed by atoms with Crippen LogP contribution in [0.2, 0.25) is 0 Å². The Labute approximate surface area is 63.3 Å². The molecule has 0 heterocycles. The molecule has 0 spiro atoms. The highest BCUT2D eigenvalue weighted by molar-refractivity contribution is 4.56. The van der Waals surface area contributed by atoms with Crippen molar-refractivity contribution in [1.29, 1.82) is 0 Å². The van der Waals surface area contributed by atoms with Crippen molar-refractivity contribution in [3.63, 3.8) is 0 Å². The molecular formula is C6H11F3O2. The van der Waals surface area contributed by atoms with Gasteiger partial charge in [0.15, 0.2) is 0 Å². The Morgan fingerprint density at radius 3 is 1.73 bits per heavy atom. The van der Waals surface area contributed by atoms with E-state index in [0.717, 1.165) is 0 Å². The molecule has 0 aliphatic heterocycles. The van der Waals surface area contributed by atoms with Crippen LogP contribution in [0.1, 0.15) is 13.8 Å². The summed E-state index contributed by atoms with van der Waals surface area (Å²) >= 11 is 0. The summed E-state index contributed by atoms with van der Waals surface area (Å²) < 4.78 is 44.6. The molecule has 0 amide bonds. The molecule has 0 unspecified atom stereocenters. The number of halogens is 3. The number of hydrogen-bond acceptors (Lipinski definition) is 2. The summed E-state index contributed by atoms with van der Waals surface area (Å²) in [6.45, 7) is 2.52. The molecule has 0 radical (unpaired) electrons. The summed E-state index contributed by atoms with van der Waals surface area (Å²) in [4.78, 5) is 0. The lowest BCUT2D eigenvalue weighted by Crippen LogP contribution is -2.38. The number of hydrogen-bond donors (Lipinski definition) is 0. The predicted octanol–water partition coefficient (Wildman–Crippen LogP) is 1.95. The summed E-state index contributed by atoms with van der Waals surface area (Å²) in [5.74, 6) is 0. The maximum Gasteiger partial charge on any atom is 0.382 e. The standard InChI is InChI=1S/C6H11F3O2/c1-3-10-6(9,5(7)8)11-4-2/h5H,3-4H2,1-2H3. The van der Waals surface area contributed by atoms with Crippen LogP contribution in [0.3, 0.4) is 0 Å². The summed E-state index contributed by atoms with van der Waals surface area (Å²) in [7, 11) is 0. The van der Waals surface area contributed by atoms with Gasteiger partial charge in [0.05, 0.1) is 13.2 Å². The Hall–Kier alpha value is -0.290. The van der Waals surface area contributed by atoms with Crippen LogP contribution in [0, 0.1) is 0 Å². The van der Waals surface area contributed by atoms with Gasteiger partial charge in [-0.1, -0.05) is 0 Å². The fourth-order valence-corrected chi connectivity index (χ4v) is 0.561. The van der Waals surface area contributed by atoms with Crippen LogP contribution in [0.5, 0.6) is 0 Å². The molecule has 0 aromatic carbocycles. The molecule has 5 heteroatoms. The van der Waals surface area contributed by atoms with E-state index in [1.807, 2.05) is 0 Å². The topological polar surface area (TPSA) is 18.5 Å². The lowest BCUT2D eigenvalue weighted by molar-refractivity contribution is -0.362. The van der Waals surface area contributed by atoms with Gasteiger partial charge in [0.1, 0.15) is 0 Å². The average Bonchev–Trinajstić information content (AvgIpc) is 1.88. The lowest BCUT2D eigenvalue weighted by Gasteiger charge is -2.22. The van der Waals surface area contributed by atoms with Gasteiger partial charge in [0.2, 0.25) is 0 Å². The molecule has 0 N–H and O–H groups in total. The highest BCUT2D eigenvalue weighted by Crippen LogP contribution is 2.23. The van der Waals surface area contributed by atoms with E-state index in [-0.39, 0.29) is 13.2 Å². The average molecular weight is 172 g/mol. The summed E-state index contributed by atoms with van der Waals surface area (Å²) in [6, 6.07) is -3.23. The van der Waals surface area contributed by atoms with Gasteiger partial charge < -0.3 is 9.47 Å². The van der Waals surface area contributed by atoms with Gasteiger partial charge in [-0.05, 0) is 13.8 Å². The zero-order valence-corrected chi connectivity index (χ0v) is 6.44. The number of rotatable bonds is 5. The van der Waals surface area contributed by atoms with E-state index in [2.05, 4.69) is 9.47 Å². The molecule has 2 nitrogen and oxygen atoms in total. The Balaban J connectivity index is 4.01. The molecule has 68 valence electrons. The van der Waals surface area contributed by atoms with E-state index in [0.29, 0.717) is 0 Å². The van der Waals surface area contributed by atoms with Crippen molar-refractivity contribution >= 4 is 0 Å². The van der Waals surface area contributed by atoms with E-state index in [1.165, 1.54) is 13.8 Å². The summed E-state index contributed by atoms with van der Waals surface area (Å²) in [5.41, 5.74) is 0. The van der Waals surface area contributed by atoms with E-state index in [1.54, 1.807) is 0 Å². The minimum absolute atomic E-state index is 0.152. The molecule has 0 bridgehead atoms. The molecule has 0 aliphatic rings. The molecule has 0 fully saturated rings. The van der Waals surface area contributed by atoms with Crippen molar-refractivity contribution in [2.45, 2.75) is 26.3 Å². The van der Waals surface area contributed by atoms with Gasteiger partial charge >= 0.3 is 12.5 Å². The number of ether oxygens (including phenoxy) is 2. The van der Waals surface area contributed by atoms with E-state index >= 15 is 0 Å². The molecule has 0 aromatic rings. The first-order valence-electron chi connectivity index (χ1n) is 3.31. The van der Waals surface area contributed by atoms with E-state index in [4.69, 9.17) is 0 Å². The highest BCUT2D eigenvalue weighted by atomic mass is 19.3. The van der Waals surface area contributed by atoms with Gasteiger partial charge in [-0.25, -0.2) is 8.78 Å². The van der Waals surface area contributed by atoms with Crippen LogP contribution in [0.15, 0.2) is 0 Å². The fraction of sp³-hybridized carbons (Fsp3) is 1.00. The van der Waals surface area contributed by atoms with E-state index in [9.17, 15) is 13.2 Å². The summed E-state index contributed by atoms with van der Waals surface area (Å²) in [6.07, 6.45) is -3.28. The maximum absolute atomic E-state index is 12.7. The van der Waals surface area contributed by atoms with Crippen LogP contribution in [0.4, 0.5) is 13.2 Å². The minimum Gasteiger partial charge on any atom is -0.320 e. The van der Waals surface area contributed by atoms with Gasteiger partial charge in [0.25, 0.3) is 0 Å². The predicted molar refractivity (Wildman–Crippen MR) is 33.1 cm³/mol. The first-order chi connectivity index (χ1) is 5.06. The molecule has 11 heavy (non-hydrogen) atoms. The molecule has 0 atom stereocenters. The molecular weight excluding hydrogens is 161 g/mol. The smallest absolute Gasteiger partial charge is 0.320 e. The Bertz CT molecular complexity index is 102. The third kappa shape index (κ3) is 3.07. The zero-order valence-electron chi connectivity index (χ0n) is 6.44. The molecule has 0 rings (SSSR count). The van der Waals surface area contributed by atoms with Crippen molar-refractivity contribution in [2.24, 2.45) is 0 Å². The van der Waals surface area contributed by atoms with Crippen molar-refractivity contribution in [3.8, 4) is 0 Å². The molecule has 0 aliphatic carbocycles. The Kier molecular flexibility index (Phi) is 4.44. The van der Waals surface area contributed by atoms with E-state index < -0.39 is 12.5 Å². The SMILES string of the molecule is CCOC(F)(OCC)C(F)F. The number of alkyl halides is 3. The highest BCUT2D eigenvalue weighted by Gasteiger charge is 2.42. The Morgan fingerprint density at radius 1 is 1.18 bits per heavy atom. The fourth-order valence-electron chi connectivity index (χ4n) is 0.561. The lowest BCUT2D eigenvalue weighted by atomic mass is 10.6. The largest absolute Gasteiger partial charge is 0.382 e. The van der Waals surface area contributed by atoms with Crippen molar-refractivity contribution in [3.05, 3.63) is 0 Å². The second-order valence-corrected chi connectivity index (χ2v) is 1.75. The first-order valence-corrected chi connectivity index (χ1v) is 3.31. The van der Waals surface area contributed by atoms with Gasteiger partial charge in [0, 0.05) is 0 Å². The monoisotopic (exact) mass is 172 g/mol. The maximum atomic E-state index is 12.7. The van der Waals surface area contributed by atoms with Crippen molar-refractivity contribution < 1.29 is 22.6 Å². The molecule has 0 saturated carbocycles. The normalized spacial score (nSPS) is 12.5. The quantitative estimate of drug-likeness (QED) is 0.590.